The highest BCUT2D eigenvalue weighted by Gasteiger charge is 2.28. The second-order valence-electron chi connectivity index (χ2n) is 2.70. The van der Waals surface area contributed by atoms with E-state index in [4.69, 9.17) is 5.26 Å². The molecule has 16 heavy (non-hydrogen) atoms. The summed E-state index contributed by atoms with van der Waals surface area (Å²) in [6, 6.07) is 2.69. The molecule has 0 fully saturated rings. The maximum Gasteiger partial charge on any atom is 0.300 e. The highest BCUT2D eigenvalue weighted by atomic mass is 79.9. The number of halogens is 3. The zero-order valence-corrected chi connectivity index (χ0v) is 9.24. The lowest BCUT2D eigenvalue weighted by Gasteiger charge is -2.05. The van der Waals surface area contributed by atoms with Gasteiger partial charge >= 0.3 is 5.69 Å². The molecule has 1 aromatic rings. The van der Waals surface area contributed by atoms with E-state index in [0.717, 1.165) is 6.07 Å². The molecule has 0 saturated heterocycles. The molecule has 0 atom stereocenters. The van der Waals surface area contributed by atoms with Crippen molar-refractivity contribution >= 4 is 21.6 Å². The first-order valence-electron chi connectivity index (χ1n) is 3.93. The minimum Gasteiger partial charge on any atom is -0.258 e. The second kappa shape index (κ2) is 4.94. The normalized spacial score (nSPS) is 10.2. The number of nitro groups is 1. The van der Waals surface area contributed by atoms with Crippen LogP contribution in [0.2, 0.25) is 0 Å². The molecule has 1 aromatic heterocycles. The summed E-state index contributed by atoms with van der Waals surface area (Å²) in [7, 11) is 0. The molecular formula is C8H4BrF2N3O2. The van der Waals surface area contributed by atoms with E-state index in [1.165, 1.54) is 0 Å². The topological polar surface area (TPSA) is 79.8 Å². The Morgan fingerprint density at radius 3 is 2.69 bits per heavy atom. The van der Waals surface area contributed by atoms with Crippen molar-refractivity contribution in [2.45, 2.75) is 11.8 Å². The van der Waals surface area contributed by atoms with Crippen LogP contribution in [0.3, 0.4) is 0 Å². The Bertz CT molecular complexity index is 473. The molecule has 0 aliphatic rings. The van der Waals surface area contributed by atoms with E-state index in [9.17, 15) is 18.9 Å². The summed E-state index contributed by atoms with van der Waals surface area (Å²) in [5.41, 5.74) is -1.98. The quantitative estimate of drug-likeness (QED) is 0.487. The number of nitrogens with zero attached hydrogens (tertiary/aromatic N) is 3. The molecule has 0 unspecified atom stereocenters. The Morgan fingerprint density at radius 1 is 1.69 bits per heavy atom. The number of aromatic nitrogens is 1. The fourth-order valence-electron chi connectivity index (χ4n) is 1.13. The molecule has 8 heteroatoms. The SMILES string of the molecule is N#Cc1cc(CBr)c([N+](=O)[O-])c(C(F)F)n1. The summed E-state index contributed by atoms with van der Waals surface area (Å²) in [5.74, 6) is 0. The van der Waals surface area contributed by atoms with Gasteiger partial charge in [-0.2, -0.15) is 5.26 Å². The average molecular weight is 292 g/mol. The van der Waals surface area contributed by atoms with Crippen molar-refractivity contribution in [2.24, 2.45) is 0 Å². The van der Waals surface area contributed by atoms with Crippen LogP contribution >= 0.6 is 15.9 Å². The van der Waals surface area contributed by atoms with Crippen LogP contribution < -0.4 is 0 Å². The maximum absolute atomic E-state index is 12.5. The van der Waals surface area contributed by atoms with Crippen molar-refractivity contribution in [2.75, 3.05) is 0 Å². The van der Waals surface area contributed by atoms with Gasteiger partial charge in [0.2, 0.25) is 0 Å². The summed E-state index contributed by atoms with van der Waals surface area (Å²) in [4.78, 5) is 13.0. The fourth-order valence-corrected chi connectivity index (χ4v) is 1.56. The van der Waals surface area contributed by atoms with Crippen LogP contribution in [0.4, 0.5) is 14.5 Å². The van der Waals surface area contributed by atoms with Gasteiger partial charge in [0.05, 0.1) is 4.92 Å². The minimum atomic E-state index is -3.09. The van der Waals surface area contributed by atoms with Crippen molar-refractivity contribution in [3.05, 3.63) is 33.1 Å². The predicted octanol–water partition coefficient (Wildman–Crippen LogP) is 2.69. The molecule has 0 aliphatic carbocycles. The monoisotopic (exact) mass is 291 g/mol. The van der Waals surface area contributed by atoms with E-state index in [2.05, 4.69) is 20.9 Å². The largest absolute Gasteiger partial charge is 0.300 e. The van der Waals surface area contributed by atoms with Crippen LogP contribution in [0.25, 0.3) is 0 Å². The Kier molecular flexibility index (Phi) is 3.84. The number of alkyl halides is 3. The first kappa shape index (κ1) is 12.4. The molecule has 0 spiro atoms. The molecule has 0 aromatic carbocycles. The average Bonchev–Trinajstić information content (AvgIpc) is 2.26. The molecular weight excluding hydrogens is 288 g/mol. The van der Waals surface area contributed by atoms with Crippen LogP contribution in [0, 0.1) is 21.4 Å². The van der Waals surface area contributed by atoms with Crippen LogP contribution in [0.15, 0.2) is 6.07 Å². The molecule has 0 saturated carbocycles. The third-order valence-corrected chi connectivity index (χ3v) is 2.35. The molecule has 0 radical (unpaired) electrons. The van der Waals surface area contributed by atoms with Crippen LogP contribution in [-0.2, 0) is 5.33 Å². The third kappa shape index (κ3) is 2.30. The fraction of sp³-hybridized carbons (Fsp3) is 0.250. The van der Waals surface area contributed by atoms with E-state index < -0.39 is 22.7 Å². The van der Waals surface area contributed by atoms with Crippen molar-refractivity contribution < 1.29 is 13.7 Å². The maximum atomic E-state index is 12.5. The third-order valence-electron chi connectivity index (χ3n) is 1.75. The molecule has 84 valence electrons. The number of rotatable bonds is 3. The van der Waals surface area contributed by atoms with Gasteiger partial charge in [0, 0.05) is 10.9 Å². The molecule has 0 amide bonds. The molecule has 1 heterocycles. The molecule has 5 nitrogen and oxygen atoms in total. The molecule has 0 bridgehead atoms. The predicted molar refractivity (Wildman–Crippen MR) is 53.2 cm³/mol. The number of hydrogen-bond donors (Lipinski definition) is 0. The van der Waals surface area contributed by atoms with E-state index in [1.807, 2.05) is 0 Å². The van der Waals surface area contributed by atoms with Gasteiger partial charge in [-0.15, -0.1) is 0 Å². The summed E-state index contributed by atoms with van der Waals surface area (Å²) in [6.07, 6.45) is -3.09. The van der Waals surface area contributed by atoms with E-state index >= 15 is 0 Å². The standard InChI is InChI=1S/C8H4BrF2N3O2/c9-2-4-1-5(3-12)13-6(8(10)11)7(4)14(15)16/h1,8H,2H2. The second-order valence-corrected chi connectivity index (χ2v) is 3.26. The van der Waals surface area contributed by atoms with E-state index in [0.29, 0.717) is 0 Å². The van der Waals surface area contributed by atoms with Gasteiger partial charge in [0.25, 0.3) is 6.43 Å². The lowest BCUT2D eigenvalue weighted by atomic mass is 10.1. The number of nitriles is 1. The van der Waals surface area contributed by atoms with Crippen LogP contribution in [-0.4, -0.2) is 9.91 Å². The van der Waals surface area contributed by atoms with E-state index in [1.54, 1.807) is 6.07 Å². The summed E-state index contributed by atoms with van der Waals surface area (Å²) >= 11 is 2.94. The lowest BCUT2D eigenvalue weighted by molar-refractivity contribution is -0.387. The first-order chi connectivity index (χ1) is 7.51. The summed E-state index contributed by atoms with van der Waals surface area (Å²) < 4.78 is 25.1. The number of hydrogen-bond acceptors (Lipinski definition) is 4. The Balaban J connectivity index is 3.55. The van der Waals surface area contributed by atoms with Gasteiger partial charge in [0.15, 0.2) is 5.69 Å². The van der Waals surface area contributed by atoms with Crippen LogP contribution in [0.1, 0.15) is 23.4 Å². The minimum absolute atomic E-state index is 0.000231. The van der Waals surface area contributed by atoms with Crippen molar-refractivity contribution in [1.82, 2.24) is 4.98 Å². The Labute approximate surface area is 97.0 Å². The first-order valence-corrected chi connectivity index (χ1v) is 5.05. The highest BCUT2D eigenvalue weighted by molar-refractivity contribution is 9.08. The summed E-state index contributed by atoms with van der Waals surface area (Å²) in [5, 5.41) is 19.2. The smallest absolute Gasteiger partial charge is 0.258 e. The lowest BCUT2D eigenvalue weighted by Crippen LogP contribution is -2.04. The molecule has 0 N–H and O–H groups in total. The Morgan fingerprint density at radius 2 is 2.31 bits per heavy atom. The molecule has 0 aliphatic heterocycles. The number of pyridine rings is 1. The van der Waals surface area contributed by atoms with Gasteiger partial charge in [-0.05, 0) is 6.07 Å². The Hall–Kier alpha value is -1.62. The van der Waals surface area contributed by atoms with Gasteiger partial charge in [0.1, 0.15) is 11.8 Å². The summed E-state index contributed by atoms with van der Waals surface area (Å²) in [6.45, 7) is 0. The van der Waals surface area contributed by atoms with Crippen molar-refractivity contribution in [3.8, 4) is 6.07 Å². The highest BCUT2D eigenvalue weighted by Crippen LogP contribution is 2.31. The van der Waals surface area contributed by atoms with Gasteiger partial charge in [-0.3, -0.25) is 10.1 Å². The van der Waals surface area contributed by atoms with Gasteiger partial charge < -0.3 is 0 Å². The van der Waals surface area contributed by atoms with E-state index in [-0.39, 0.29) is 16.6 Å². The van der Waals surface area contributed by atoms with Crippen molar-refractivity contribution in [3.63, 3.8) is 0 Å². The molecule has 1 rings (SSSR count). The van der Waals surface area contributed by atoms with Gasteiger partial charge in [-0.25, -0.2) is 13.8 Å². The van der Waals surface area contributed by atoms with Gasteiger partial charge in [-0.1, -0.05) is 15.9 Å². The zero-order chi connectivity index (χ0) is 12.3. The van der Waals surface area contributed by atoms with Crippen LogP contribution in [0.5, 0.6) is 0 Å². The van der Waals surface area contributed by atoms with Crippen molar-refractivity contribution in [1.29, 1.82) is 5.26 Å². The zero-order valence-electron chi connectivity index (χ0n) is 7.65.